The number of hydrogen-bond acceptors (Lipinski definition) is 5. The molecule has 0 spiro atoms. The van der Waals surface area contributed by atoms with Crippen molar-refractivity contribution in [3.05, 3.63) is 64.7 Å². The maximum Gasteiger partial charge on any atom is 0.196 e. The van der Waals surface area contributed by atoms with Crippen LogP contribution in [-0.4, -0.2) is 17.2 Å². The third-order valence-corrected chi connectivity index (χ3v) is 5.43. The standard InChI is InChI=1S/C21H19N3O2/c22-12-13-6-3-4-11-21(13,23)24-17-10-5-9-16-18(17)20(26)15-8-2-1-7-14(15)19(16)25/h1-2,5,7-10,13,24H,3-4,6,11,23H2. The normalized spacial score (nSPS) is 24.4. The zero-order chi connectivity index (χ0) is 18.3. The average molecular weight is 345 g/mol. The van der Waals surface area contributed by atoms with Crippen molar-refractivity contribution in [1.29, 1.82) is 5.26 Å². The van der Waals surface area contributed by atoms with Crippen LogP contribution in [0.2, 0.25) is 0 Å². The van der Waals surface area contributed by atoms with Crippen molar-refractivity contribution in [2.75, 3.05) is 5.32 Å². The van der Waals surface area contributed by atoms with Crippen LogP contribution in [0.1, 0.15) is 57.5 Å². The number of ketones is 2. The van der Waals surface area contributed by atoms with Gasteiger partial charge < -0.3 is 11.1 Å². The van der Waals surface area contributed by atoms with Crippen LogP contribution >= 0.6 is 0 Å². The van der Waals surface area contributed by atoms with Crippen LogP contribution < -0.4 is 11.1 Å². The summed E-state index contributed by atoms with van der Waals surface area (Å²) in [6.07, 6.45) is 3.27. The number of nitrogens with zero attached hydrogens (tertiary/aromatic N) is 1. The van der Waals surface area contributed by atoms with Crippen molar-refractivity contribution in [2.45, 2.75) is 31.3 Å². The van der Waals surface area contributed by atoms with E-state index in [9.17, 15) is 14.9 Å². The molecule has 4 rings (SSSR count). The fourth-order valence-electron chi connectivity index (χ4n) is 4.03. The van der Waals surface area contributed by atoms with E-state index in [1.165, 1.54) is 0 Å². The van der Waals surface area contributed by atoms with E-state index >= 15 is 0 Å². The monoisotopic (exact) mass is 345 g/mol. The van der Waals surface area contributed by atoms with Crippen LogP contribution in [0.3, 0.4) is 0 Å². The second kappa shape index (κ2) is 6.08. The van der Waals surface area contributed by atoms with Crippen molar-refractivity contribution in [1.82, 2.24) is 0 Å². The summed E-state index contributed by atoms with van der Waals surface area (Å²) in [5.41, 5.74) is 7.72. The van der Waals surface area contributed by atoms with Crippen LogP contribution in [-0.2, 0) is 0 Å². The van der Waals surface area contributed by atoms with Gasteiger partial charge in [-0.1, -0.05) is 42.8 Å². The highest BCUT2D eigenvalue weighted by molar-refractivity contribution is 6.30. The summed E-state index contributed by atoms with van der Waals surface area (Å²) in [5, 5.41) is 12.7. The molecule has 0 aromatic heterocycles. The van der Waals surface area contributed by atoms with Crippen molar-refractivity contribution in [3.63, 3.8) is 0 Å². The van der Waals surface area contributed by atoms with Crippen LogP contribution in [0.15, 0.2) is 42.5 Å². The summed E-state index contributed by atoms with van der Waals surface area (Å²) in [4.78, 5) is 25.9. The molecule has 2 aliphatic rings. The van der Waals surface area contributed by atoms with Crippen LogP contribution in [0.25, 0.3) is 0 Å². The Morgan fingerprint density at radius 2 is 1.69 bits per heavy atom. The van der Waals surface area contributed by atoms with E-state index in [0.717, 1.165) is 19.3 Å². The molecule has 2 aliphatic carbocycles. The Balaban J connectivity index is 1.80. The summed E-state index contributed by atoms with van der Waals surface area (Å²) >= 11 is 0. The minimum Gasteiger partial charge on any atom is -0.366 e. The SMILES string of the molecule is N#CC1CCCCC1(N)Nc1cccc2c1C(=O)c1ccccc1C2=O. The fraction of sp³-hybridized carbons (Fsp3) is 0.286. The summed E-state index contributed by atoms with van der Waals surface area (Å²) in [6, 6.07) is 14.3. The lowest BCUT2D eigenvalue weighted by Gasteiger charge is -2.39. The van der Waals surface area contributed by atoms with E-state index in [2.05, 4.69) is 11.4 Å². The lowest BCUT2D eigenvalue weighted by Crippen LogP contribution is -2.55. The number of nitrogens with one attached hydrogen (secondary N) is 1. The smallest absolute Gasteiger partial charge is 0.196 e. The molecule has 2 aromatic rings. The lowest BCUT2D eigenvalue weighted by atomic mass is 9.79. The number of benzene rings is 2. The lowest BCUT2D eigenvalue weighted by molar-refractivity contribution is 0.0979. The number of carbonyl (C=O) groups excluding carboxylic acids is 2. The first-order valence-electron chi connectivity index (χ1n) is 8.83. The van der Waals surface area contributed by atoms with Gasteiger partial charge in [-0.2, -0.15) is 5.26 Å². The molecule has 0 heterocycles. The van der Waals surface area contributed by atoms with E-state index in [1.807, 2.05) is 0 Å². The Kier molecular flexibility index (Phi) is 3.86. The highest BCUT2D eigenvalue weighted by Gasteiger charge is 2.39. The Bertz CT molecular complexity index is 960. The van der Waals surface area contributed by atoms with E-state index in [0.29, 0.717) is 34.4 Å². The molecular weight excluding hydrogens is 326 g/mol. The quantitative estimate of drug-likeness (QED) is 0.695. The molecule has 0 bridgehead atoms. The van der Waals surface area contributed by atoms with Crippen LogP contribution in [0.5, 0.6) is 0 Å². The largest absolute Gasteiger partial charge is 0.366 e. The number of fused-ring (bicyclic) bond motifs is 2. The van der Waals surface area contributed by atoms with E-state index in [4.69, 9.17) is 5.73 Å². The third-order valence-electron chi connectivity index (χ3n) is 5.43. The molecule has 1 saturated carbocycles. The number of nitrogens with two attached hydrogens (primary N) is 1. The number of nitriles is 1. The zero-order valence-electron chi connectivity index (χ0n) is 14.3. The highest BCUT2D eigenvalue weighted by Crippen LogP contribution is 2.37. The van der Waals surface area contributed by atoms with Crippen LogP contribution in [0, 0.1) is 17.2 Å². The molecule has 0 aliphatic heterocycles. The van der Waals surface area contributed by atoms with Gasteiger partial charge in [0, 0.05) is 22.4 Å². The maximum absolute atomic E-state index is 13.1. The van der Waals surface area contributed by atoms with Gasteiger partial charge in [-0.15, -0.1) is 0 Å². The molecule has 5 heteroatoms. The summed E-state index contributed by atoms with van der Waals surface area (Å²) in [7, 11) is 0. The molecule has 26 heavy (non-hydrogen) atoms. The third kappa shape index (κ3) is 2.42. The van der Waals surface area contributed by atoms with E-state index < -0.39 is 5.66 Å². The molecule has 2 atom stereocenters. The van der Waals surface area contributed by atoms with Crippen molar-refractivity contribution < 1.29 is 9.59 Å². The zero-order valence-corrected chi connectivity index (χ0v) is 14.3. The van der Waals surface area contributed by atoms with E-state index in [1.54, 1.807) is 42.5 Å². The highest BCUT2D eigenvalue weighted by atomic mass is 16.1. The van der Waals surface area contributed by atoms with Gasteiger partial charge in [0.2, 0.25) is 0 Å². The molecule has 130 valence electrons. The van der Waals surface area contributed by atoms with Crippen molar-refractivity contribution in [2.24, 2.45) is 11.7 Å². The molecule has 2 unspecified atom stereocenters. The van der Waals surface area contributed by atoms with Gasteiger partial charge >= 0.3 is 0 Å². The molecule has 2 aromatic carbocycles. The van der Waals surface area contributed by atoms with Gasteiger partial charge in [-0.05, 0) is 25.3 Å². The van der Waals surface area contributed by atoms with Gasteiger partial charge in [0.05, 0.1) is 17.6 Å². The number of anilines is 1. The first-order valence-corrected chi connectivity index (χ1v) is 8.83. The van der Waals surface area contributed by atoms with Gasteiger partial charge in [0.15, 0.2) is 11.6 Å². The van der Waals surface area contributed by atoms with E-state index in [-0.39, 0.29) is 17.5 Å². The Hall–Kier alpha value is -2.97. The molecule has 0 saturated heterocycles. The average Bonchev–Trinajstić information content (AvgIpc) is 2.66. The second-order valence-electron chi connectivity index (χ2n) is 7.02. The number of carbonyl (C=O) groups is 2. The molecule has 3 N–H and O–H groups in total. The summed E-state index contributed by atoms with van der Waals surface area (Å²) in [5.74, 6) is -0.689. The Morgan fingerprint density at radius 1 is 1.00 bits per heavy atom. The molecular formula is C21H19N3O2. The summed E-state index contributed by atoms with van der Waals surface area (Å²) in [6.45, 7) is 0. The molecule has 0 radical (unpaired) electrons. The first-order chi connectivity index (χ1) is 12.5. The minimum atomic E-state index is -0.900. The topological polar surface area (TPSA) is 96.0 Å². The maximum atomic E-state index is 13.1. The first kappa shape index (κ1) is 16.5. The predicted octanol–water partition coefficient (Wildman–Crippen LogP) is 3.24. The molecule has 1 fully saturated rings. The number of hydrogen-bond donors (Lipinski definition) is 2. The summed E-state index contributed by atoms with van der Waals surface area (Å²) < 4.78 is 0. The molecule has 5 nitrogen and oxygen atoms in total. The van der Waals surface area contributed by atoms with Gasteiger partial charge in [0.25, 0.3) is 0 Å². The predicted molar refractivity (Wildman–Crippen MR) is 97.9 cm³/mol. The molecule has 0 amide bonds. The van der Waals surface area contributed by atoms with Crippen LogP contribution in [0.4, 0.5) is 5.69 Å². The van der Waals surface area contributed by atoms with Crippen molar-refractivity contribution >= 4 is 17.3 Å². The fourth-order valence-corrected chi connectivity index (χ4v) is 4.03. The minimum absolute atomic E-state index is 0.162. The van der Waals surface area contributed by atoms with Gasteiger partial charge in [0.1, 0.15) is 5.66 Å². The van der Waals surface area contributed by atoms with Gasteiger partial charge in [-0.25, -0.2) is 0 Å². The Morgan fingerprint density at radius 3 is 2.42 bits per heavy atom. The number of rotatable bonds is 2. The van der Waals surface area contributed by atoms with Crippen molar-refractivity contribution in [3.8, 4) is 6.07 Å². The second-order valence-corrected chi connectivity index (χ2v) is 7.02. The van der Waals surface area contributed by atoms with Gasteiger partial charge in [-0.3, -0.25) is 9.59 Å². The Labute approximate surface area is 151 Å².